The van der Waals surface area contributed by atoms with Crippen LogP contribution in [0.1, 0.15) is 37.0 Å². The molecule has 128 valence electrons. The van der Waals surface area contributed by atoms with Crippen molar-refractivity contribution in [2.24, 2.45) is 0 Å². The summed E-state index contributed by atoms with van der Waals surface area (Å²) in [5, 5.41) is 2.66. The minimum atomic E-state index is -0.400. The van der Waals surface area contributed by atoms with E-state index in [-0.39, 0.29) is 5.91 Å². The van der Waals surface area contributed by atoms with Gasteiger partial charge >= 0.3 is 0 Å². The third-order valence-electron chi connectivity index (χ3n) is 3.34. The van der Waals surface area contributed by atoms with Gasteiger partial charge in [0.15, 0.2) is 11.5 Å². The molecule has 0 spiro atoms. The summed E-state index contributed by atoms with van der Waals surface area (Å²) in [4.78, 5) is 12.3. The molecule has 0 aliphatic carbocycles. The van der Waals surface area contributed by atoms with E-state index in [1.54, 1.807) is 30.3 Å². The predicted molar refractivity (Wildman–Crippen MR) is 92.4 cm³/mol. The van der Waals surface area contributed by atoms with Crippen LogP contribution in [-0.4, -0.2) is 19.1 Å². The molecule has 0 bridgehead atoms. The second kappa shape index (κ2) is 8.91. The third kappa shape index (κ3) is 4.98. The summed E-state index contributed by atoms with van der Waals surface area (Å²) in [7, 11) is 0. The first-order valence-corrected chi connectivity index (χ1v) is 8.10. The van der Waals surface area contributed by atoms with Gasteiger partial charge < -0.3 is 14.8 Å². The molecule has 2 aromatic rings. The zero-order chi connectivity index (χ0) is 17.4. The Morgan fingerprint density at radius 3 is 2.62 bits per heavy atom. The van der Waals surface area contributed by atoms with Crippen LogP contribution in [0.15, 0.2) is 42.5 Å². The molecule has 24 heavy (non-hydrogen) atoms. The maximum Gasteiger partial charge on any atom is 0.255 e. The molecule has 5 heteroatoms. The average Bonchev–Trinajstić information content (AvgIpc) is 2.56. The van der Waals surface area contributed by atoms with Crippen molar-refractivity contribution in [2.75, 3.05) is 18.5 Å². The lowest BCUT2D eigenvalue weighted by Gasteiger charge is -2.13. The Labute approximate surface area is 141 Å². The number of rotatable bonds is 8. The Bertz CT molecular complexity index is 688. The number of amides is 1. The summed E-state index contributed by atoms with van der Waals surface area (Å²) in [6.45, 7) is 5.03. The predicted octanol–water partition coefficient (Wildman–Crippen LogP) is 4.66. The van der Waals surface area contributed by atoms with Crippen LogP contribution in [0.25, 0.3) is 0 Å². The molecule has 2 rings (SSSR count). The topological polar surface area (TPSA) is 47.6 Å². The summed E-state index contributed by atoms with van der Waals surface area (Å²) in [6, 6.07) is 10.8. The molecule has 0 aromatic heterocycles. The first kappa shape index (κ1) is 17.8. The lowest BCUT2D eigenvalue weighted by Crippen LogP contribution is -2.12. The van der Waals surface area contributed by atoms with E-state index in [1.807, 2.05) is 6.92 Å². The number of nitrogens with one attached hydrogen (secondary N) is 1. The molecule has 0 aliphatic heterocycles. The van der Waals surface area contributed by atoms with Crippen molar-refractivity contribution >= 4 is 11.6 Å². The van der Waals surface area contributed by atoms with E-state index in [2.05, 4.69) is 12.2 Å². The quantitative estimate of drug-likeness (QED) is 0.716. The van der Waals surface area contributed by atoms with Crippen molar-refractivity contribution in [3.05, 3.63) is 53.8 Å². The van der Waals surface area contributed by atoms with Gasteiger partial charge in [-0.3, -0.25) is 4.79 Å². The van der Waals surface area contributed by atoms with Gasteiger partial charge in [0, 0.05) is 11.3 Å². The first-order chi connectivity index (χ1) is 11.6. The summed E-state index contributed by atoms with van der Waals surface area (Å²) >= 11 is 0. The summed E-state index contributed by atoms with van der Waals surface area (Å²) in [5.74, 6) is 0.414. The number of unbranched alkanes of at least 4 members (excludes halogenated alkanes) is 1. The van der Waals surface area contributed by atoms with E-state index < -0.39 is 5.82 Å². The van der Waals surface area contributed by atoms with Gasteiger partial charge in [-0.05, 0) is 49.7 Å². The highest BCUT2D eigenvalue weighted by Gasteiger charge is 2.12. The fourth-order valence-electron chi connectivity index (χ4n) is 2.13. The van der Waals surface area contributed by atoms with E-state index in [0.717, 1.165) is 12.8 Å². The van der Waals surface area contributed by atoms with Crippen LogP contribution in [0.2, 0.25) is 0 Å². The van der Waals surface area contributed by atoms with Crippen molar-refractivity contribution in [1.29, 1.82) is 0 Å². The molecule has 0 saturated heterocycles. The van der Waals surface area contributed by atoms with Crippen LogP contribution in [0, 0.1) is 5.82 Å². The normalized spacial score (nSPS) is 10.3. The van der Waals surface area contributed by atoms with Gasteiger partial charge in [-0.15, -0.1) is 0 Å². The standard InChI is InChI=1S/C19H22FNO3/c1-3-5-11-24-17-10-9-14(12-18(17)23-4-2)19(22)21-16-8-6-7-15(20)13-16/h6-10,12-13H,3-5,11H2,1-2H3,(H,21,22). The molecule has 0 saturated carbocycles. The summed E-state index contributed by atoms with van der Waals surface area (Å²) in [6.07, 6.45) is 1.99. The highest BCUT2D eigenvalue weighted by Crippen LogP contribution is 2.29. The molecule has 1 N–H and O–H groups in total. The second-order valence-corrected chi connectivity index (χ2v) is 5.26. The Hall–Kier alpha value is -2.56. The molecule has 4 nitrogen and oxygen atoms in total. The molecular weight excluding hydrogens is 309 g/mol. The minimum Gasteiger partial charge on any atom is -0.490 e. The largest absolute Gasteiger partial charge is 0.490 e. The summed E-state index contributed by atoms with van der Waals surface area (Å²) < 4.78 is 24.5. The summed E-state index contributed by atoms with van der Waals surface area (Å²) in [5.41, 5.74) is 0.826. The van der Waals surface area contributed by atoms with Gasteiger partial charge in [0.2, 0.25) is 0 Å². The van der Waals surface area contributed by atoms with Gasteiger partial charge in [0.05, 0.1) is 13.2 Å². The van der Waals surface area contributed by atoms with Gasteiger partial charge in [-0.2, -0.15) is 0 Å². The van der Waals surface area contributed by atoms with Gasteiger partial charge in [0.1, 0.15) is 5.82 Å². The van der Waals surface area contributed by atoms with Crippen molar-refractivity contribution in [1.82, 2.24) is 0 Å². The fourth-order valence-corrected chi connectivity index (χ4v) is 2.13. The van der Waals surface area contributed by atoms with Gasteiger partial charge in [0.25, 0.3) is 5.91 Å². The van der Waals surface area contributed by atoms with Crippen molar-refractivity contribution in [3.63, 3.8) is 0 Å². The highest BCUT2D eigenvalue weighted by atomic mass is 19.1. The second-order valence-electron chi connectivity index (χ2n) is 5.26. The van der Waals surface area contributed by atoms with Crippen LogP contribution in [-0.2, 0) is 0 Å². The number of carbonyl (C=O) groups is 1. The van der Waals surface area contributed by atoms with Crippen molar-refractivity contribution in [3.8, 4) is 11.5 Å². The molecule has 0 radical (unpaired) electrons. The van der Waals surface area contributed by atoms with Crippen LogP contribution in [0.5, 0.6) is 11.5 Å². The number of hydrogen-bond donors (Lipinski definition) is 1. The molecular formula is C19H22FNO3. The van der Waals surface area contributed by atoms with Crippen molar-refractivity contribution < 1.29 is 18.7 Å². The maximum absolute atomic E-state index is 13.2. The number of benzene rings is 2. The Morgan fingerprint density at radius 1 is 1.08 bits per heavy atom. The number of hydrogen-bond acceptors (Lipinski definition) is 3. The van der Waals surface area contributed by atoms with Crippen LogP contribution >= 0.6 is 0 Å². The minimum absolute atomic E-state index is 0.332. The zero-order valence-corrected chi connectivity index (χ0v) is 14.0. The Morgan fingerprint density at radius 2 is 1.92 bits per heavy atom. The van der Waals surface area contributed by atoms with E-state index in [0.29, 0.717) is 36.0 Å². The molecule has 0 aliphatic rings. The number of anilines is 1. The molecule has 0 atom stereocenters. The van der Waals surface area contributed by atoms with E-state index in [1.165, 1.54) is 12.1 Å². The van der Waals surface area contributed by atoms with Crippen LogP contribution < -0.4 is 14.8 Å². The lowest BCUT2D eigenvalue weighted by atomic mass is 10.1. The molecule has 0 fully saturated rings. The van der Waals surface area contributed by atoms with Gasteiger partial charge in [-0.1, -0.05) is 19.4 Å². The molecule has 0 unspecified atom stereocenters. The zero-order valence-electron chi connectivity index (χ0n) is 14.0. The van der Waals surface area contributed by atoms with Crippen LogP contribution in [0.4, 0.5) is 10.1 Å². The Kier molecular flexibility index (Phi) is 6.61. The molecule has 0 heterocycles. The Balaban J connectivity index is 2.14. The number of halogens is 1. The fraction of sp³-hybridized carbons (Fsp3) is 0.316. The van der Waals surface area contributed by atoms with E-state index in [9.17, 15) is 9.18 Å². The van der Waals surface area contributed by atoms with E-state index in [4.69, 9.17) is 9.47 Å². The van der Waals surface area contributed by atoms with Crippen molar-refractivity contribution in [2.45, 2.75) is 26.7 Å². The first-order valence-electron chi connectivity index (χ1n) is 8.10. The third-order valence-corrected chi connectivity index (χ3v) is 3.34. The monoisotopic (exact) mass is 331 g/mol. The van der Waals surface area contributed by atoms with E-state index >= 15 is 0 Å². The maximum atomic E-state index is 13.2. The molecule has 1 amide bonds. The highest BCUT2D eigenvalue weighted by molar-refractivity contribution is 6.04. The van der Waals surface area contributed by atoms with Gasteiger partial charge in [-0.25, -0.2) is 4.39 Å². The SMILES string of the molecule is CCCCOc1ccc(C(=O)Nc2cccc(F)c2)cc1OCC. The average molecular weight is 331 g/mol. The number of ether oxygens (including phenoxy) is 2. The van der Waals surface area contributed by atoms with Crippen LogP contribution in [0.3, 0.4) is 0 Å². The number of carbonyl (C=O) groups excluding carboxylic acids is 1. The smallest absolute Gasteiger partial charge is 0.255 e. The lowest BCUT2D eigenvalue weighted by molar-refractivity contribution is 0.102. The molecule has 2 aromatic carbocycles.